The number of carboxylic acid groups (broad SMARTS) is 1. The molecule has 3 N–H and O–H groups in total. The van der Waals surface area contributed by atoms with Crippen molar-refractivity contribution in [1.82, 2.24) is 0 Å². The number of fused-ring (bicyclic) bond motifs is 1. The molecule has 1 heterocycles. The number of rotatable bonds is 1. The minimum atomic E-state index is -5.08. The molecule has 1 aromatic carbocycles. The maximum Gasteiger partial charge on any atom is 0.490 e. The van der Waals surface area contributed by atoms with Crippen LogP contribution in [0.15, 0.2) is 24.3 Å². The lowest BCUT2D eigenvalue weighted by atomic mass is 10.2. The van der Waals surface area contributed by atoms with Crippen LogP contribution in [-0.2, 0) is 4.79 Å². The lowest BCUT2D eigenvalue weighted by Crippen LogP contribution is -2.27. The molecule has 3 rings (SSSR count). The maximum absolute atomic E-state index is 10.6. The molecule has 3 atom stereocenters. The molecule has 118 valence electrons. The van der Waals surface area contributed by atoms with E-state index in [0.29, 0.717) is 17.9 Å². The number of hydrogen-bond donors (Lipinski definition) is 2. The van der Waals surface area contributed by atoms with Crippen molar-refractivity contribution < 1.29 is 23.1 Å². The number of benzene rings is 1. The Morgan fingerprint density at radius 3 is 2.09 bits per heavy atom. The fourth-order valence-corrected chi connectivity index (χ4v) is 2.53. The third kappa shape index (κ3) is 3.49. The van der Waals surface area contributed by atoms with Gasteiger partial charge in [-0.15, -0.1) is 0 Å². The van der Waals surface area contributed by atoms with Crippen LogP contribution in [0.1, 0.15) is 5.56 Å². The summed E-state index contributed by atoms with van der Waals surface area (Å²) in [7, 11) is 0. The van der Waals surface area contributed by atoms with Crippen LogP contribution in [0.25, 0.3) is 0 Å². The molecule has 0 bridgehead atoms. The van der Waals surface area contributed by atoms with Crippen LogP contribution in [0.2, 0.25) is 0 Å². The van der Waals surface area contributed by atoms with E-state index in [1.54, 1.807) is 0 Å². The summed E-state index contributed by atoms with van der Waals surface area (Å²) < 4.78 is 31.7. The fraction of sp³-hybridized carbons (Fsp3) is 0.429. The standard InChI is InChI=1S/C12H13N3.C2HF3O2/c13-5-8-1-3-9(4-2-8)15-6-10-11(7-15)12(10)14;3-2(4,5)1(6)7/h1-4,10-12H,6-7,14H2;(H,6,7)/t10-,11+,12?;. The number of nitrogens with two attached hydrogens (primary N) is 1. The summed E-state index contributed by atoms with van der Waals surface area (Å²) in [5, 5.41) is 15.8. The van der Waals surface area contributed by atoms with Gasteiger partial charge in [-0.25, -0.2) is 4.79 Å². The van der Waals surface area contributed by atoms with Crippen molar-refractivity contribution in [1.29, 1.82) is 5.26 Å². The first-order valence-electron chi connectivity index (χ1n) is 6.55. The molecule has 8 heteroatoms. The lowest BCUT2D eigenvalue weighted by molar-refractivity contribution is -0.192. The van der Waals surface area contributed by atoms with Gasteiger partial charge in [-0.3, -0.25) is 0 Å². The highest BCUT2D eigenvalue weighted by Gasteiger charge is 2.53. The summed E-state index contributed by atoms with van der Waals surface area (Å²) >= 11 is 0. The Kier molecular flexibility index (Phi) is 4.28. The number of halogens is 3. The third-order valence-electron chi connectivity index (χ3n) is 3.86. The summed E-state index contributed by atoms with van der Waals surface area (Å²) in [6.07, 6.45) is -5.08. The van der Waals surface area contributed by atoms with Crippen molar-refractivity contribution in [3.05, 3.63) is 29.8 Å². The molecule has 0 aromatic heterocycles. The zero-order chi connectivity index (χ0) is 16.5. The van der Waals surface area contributed by atoms with Crippen LogP contribution in [-0.4, -0.2) is 36.4 Å². The first kappa shape index (κ1) is 16.1. The van der Waals surface area contributed by atoms with Crippen molar-refractivity contribution >= 4 is 11.7 Å². The Labute approximate surface area is 124 Å². The summed E-state index contributed by atoms with van der Waals surface area (Å²) in [5.41, 5.74) is 7.83. The van der Waals surface area contributed by atoms with Crippen molar-refractivity contribution in [3.63, 3.8) is 0 Å². The topological polar surface area (TPSA) is 90.4 Å². The monoisotopic (exact) mass is 313 g/mol. The molecule has 0 spiro atoms. The quantitative estimate of drug-likeness (QED) is 0.821. The maximum atomic E-state index is 10.6. The van der Waals surface area contributed by atoms with Gasteiger partial charge in [0.1, 0.15) is 0 Å². The van der Waals surface area contributed by atoms with Crippen molar-refractivity contribution in [2.75, 3.05) is 18.0 Å². The second-order valence-electron chi connectivity index (χ2n) is 5.27. The van der Waals surface area contributed by atoms with Gasteiger partial charge in [0.05, 0.1) is 11.6 Å². The average Bonchev–Trinajstić information content (AvgIpc) is 2.90. The molecular weight excluding hydrogens is 299 g/mol. The average molecular weight is 313 g/mol. The van der Waals surface area contributed by atoms with Gasteiger partial charge < -0.3 is 15.7 Å². The second-order valence-corrected chi connectivity index (χ2v) is 5.27. The van der Waals surface area contributed by atoms with Crippen LogP contribution >= 0.6 is 0 Å². The van der Waals surface area contributed by atoms with Gasteiger partial charge in [0.25, 0.3) is 0 Å². The van der Waals surface area contributed by atoms with E-state index in [-0.39, 0.29) is 0 Å². The zero-order valence-corrected chi connectivity index (χ0v) is 11.4. The third-order valence-corrected chi connectivity index (χ3v) is 3.86. The van der Waals surface area contributed by atoms with E-state index in [2.05, 4.69) is 11.0 Å². The SMILES string of the molecule is N#Cc1ccc(N2C[C@@H]3C(N)[C@@H]3C2)cc1.O=C(O)C(F)(F)F. The number of nitrogens with zero attached hydrogens (tertiary/aromatic N) is 2. The van der Waals surface area contributed by atoms with E-state index in [9.17, 15) is 13.2 Å². The first-order valence-corrected chi connectivity index (χ1v) is 6.55. The van der Waals surface area contributed by atoms with Gasteiger partial charge in [0, 0.05) is 24.8 Å². The van der Waals surface area contributed by atoms with E-state index in [1.807, 2.05) is 24.3 Å². The number of alkyl halides is 3. The molecule has 5 nitrogen and oxygen atoms in total. The van der Waals surface area contributed by atoms with Crippen LogP contribution in [0, 0.1) is 23.2 Å². The first-order chi connectivity index (χ1) is 10.2. The van der Waals surface area contributed by atoms with E-state index in [4.69, 9.17) is 20.9 Å². The Morgan fingerprint density at radius 2 is 1.73 bits per heavy atom. The highest BCUT2D eigenvalue weighted by Crippen LogP contribution is 2.45. The van der Waals surface area contributed by atoms with Crippen LogP contribution in [0.4, 0.5) is 18.9 Å². The molecule has 1 saturated heterocycles. The number of carbonyl (C=O) groups is 1. The fourth-order valence-electron chi connectivity index (χ4n) is 2.53. The molecule has 1 unspecified atom stereocenters. The predicted molar refractivity (Wildman–Crippen MR) is 72.0 cm³/mol. The summed E-state index contributed by atoms with van der Waals surface area (Å²) in [5.74, 6) is -1.34. The molecule has 2 fully saturated rings. The van der Waals surface area contributed by atoms with Gasteiger partial charge in [-0.1, -0.05) is 0 Å². The van der Waals surface area contributed by atoms with E-state index < -0.39 is 12.1 Å². The predicted octanol–water partition coefficient (Wildman–Crippen LogP) is 1.58. The summed E-state index contributed by atoms with van der Waals surface area (Å²) in [6, 6.07) is 10.4. The highest BCUT2D eigenvalue weighted by atomic mass is 19.4. The molecule has 1 aliphatic heterocycles. The zero-order valence-electron chi connectivity index (χ0n) is 11.4. The number of carboxylic acids is 1. The molecular formula is C14H14F3N3O2. The van der Waals surface area contributed by atoms with Gasteiger partial charge in [0.2, 0.25) is 0 Å². The largest absolute Gasteiger partial charge is 0.490 e. The van der Waals surface area contributed by atoms with E-state index >= 15 is 0 Å². The van der Waals surface area contributed by atoms with Crippen molar-refractivity contribution in [3.8, 4) is 6.07 Å². The van der Waals surface area contributed by atoms with Crippen molar-refractivity contribution in [2.24, 2.45) is 17.6 Å². The van der Waals surface area contributed by atoms with E-state index in [0.717, 1.165) is 18.7 Å². The van der Waals surface area contributed by atoms with Gasteiger partial charge in [0.15, 0.2) is 0 Å². The Morgan fingerprint density at radius 1 is 1.27 bits per heavy atom. The molecule has 2 aliphatic rings. The van der Waals surface area contributed by atoms with Crippen LogP contribution in [0.3, 0.4) is 0 Å². The van der Waals surface area contributed by atoms with Gasteiger partial charge in [-0.05, 0) is 36.1 Å². The van der Waals surface area contributed by atoms with Crippen LogP contribution < -0.4 is 10.6 Å². The number of aliphatic carboxylic acids is 1. The number of anilines is 1. The highest BCUT2D eigenvalue weighted by molar-refractivity contribution is 5.73. The summed E-state index contributed by atoms with van der Waals surface area (Å²) in [4.78, 5) is 11.3. The Balaban J connectivity index is 0.000000217. The minimum Gasteiger partial charge on any atom is -0.475 e. The molecule has 1 aromatic rings. The number of nitriles is 1. The lowest BCUT2D eigenvalue weighted by Gasteiger charge is -2.21. The number of hydrogen-bond acceptors (Lipinski definition) is 4. The molecule has 0 radical (unpaired) electrons. The number of piperidine rings is 1. The van der Waals surface area contributed by atoms with E-state index in [1.165, 1.54) is 5.69 Å². The van der Waals surface area contributed by atoms with Crippen molar-refractivity contribution in [2.45, 2.75) is 12.2 Å². The minimum absolute atomic E-state index is 0.444. The molecule has 1 aliphatic carbocycles. The summed E-state index contributed by atoms with van der Waals surface area (Å²) in [6.45, 7) is 2.16. The molecule has 22 heavy (non-hydrogen) atoms. The van der Waals surface area contributed by atoms with Gasteiger partial charge >= 0.3 is 12.1 Å². The van der Waals surface area contributed by atoms with Crippen LogP contribution in [0.5, 0.6) is 0 Å². The molecule has 1 saturated carbocycles. The smallest absolute Gasteiger partial charge is 0.475 e. The Bertz CT molecular complexity index is 583. The molecule has 0 amide bonds. The second kappa shape index (κ2) is 5.85. The van der Waals surface area contributed by atoms with Gasteiger partial charge in [-0.2, -0.15) is 18.4 Å². The normalized spacial score (nSPS) is 25.6. The Hall–Kier alpha value is -2.27.